The van der Waals surface area contributed by atoms with Crippen LogP contribution in [0, 0.1) is 13.8 Å². The number of rotatable bonds is 5. The number of fused-ring (bicyclic) bond motifs is 6. The van der Waals surface area contributed by atoms with Gasteiger partial charge in [0.15, 0.2) is 0 Å². The van der Waals surface area contributed by atoms with E-state index < -0.39 is 0 Å². The molecule has 0 atom stereocenters. The van der Waals surface area contributed by atoms with Crippen molar-refractivity contribution < 1.29 is 0 Å². The number of benzene rings is 8. The van der Waals surface area contributed by atoms with Crippen LogP contribution in [-0.2, 0) is 0 Å². The van der Waals surface area contributed by atoms with Crippen LogP contribution in [0.5, 0.6) is 0 Å². The summed E-state index contributed by atoms with van der Waals surface area (Å²) in [5, 5.41) is 10.1. The van der Waals surface area contributed by atoms with E-state index in [1.54, 1.807) is 0 Å². The second kappa shape index (κ2) is 10.8. The van der Waals surface area contributed by atoms with Crippen molar-refractivity contribution in [1.82, 2.24) is 0 Å². The van der Waals surface area contributed by atoms with E-state index in [0.717, 1.165) is 16.9 Å². The molecule has 0 aliphatic heterocycles. The van der Waals surface area contributed by atoms with Crippen molar-refractivity contribution in [1.29, 1.82) is 0 Å². The van der Waals surface area contributed by atoms with Gasteiger partial charge >= 0.3 is 0 Å². The van der Waals surface area contributed by atoms with Gasteiger partial charge in [-0.1, -0.05) is 146 Å². The molecule has 8 aromatic rings. The summed E-state index contributed by atoms with van der Waals surface area (Å²) < 4.78 is 0. The summed E-state index contributed by atoms with van der Waals surface area (Å²) in [7, 11) is 0. The van der Waals surface area contributed by atoms with Crippen molar-refractivity contribution in [3.05, 3.63) is 175 Å². The SMILES string of the molecule is C=C(c1ccc(-c2cc3ccccc3c3ccccc23)cc1)N(c1ccccc1C)c1c(C)c2ccccc2c2ccccc12. The maximum Gasteiger partial charge on any atom is 0.0575 e. The lowest BCUT2D eigenvalue weighted by molar-refractivity contribution is 1.26. The highest BCUT2D eigenvalue weighted by atomic mass is 15.2. The van der Waals surface area contributed by atoms with Crippen molar-refractivity contribution in [2.75, 3.05) is 4.90 Å². The molecule has 0 saturated carbocycles. The molecule has 0 unspecified atom stereocenters. The number of hydrogen-bond acceptors (Lipinski definition) is 1. The van der Waals surface area contributed by atoms with E-state index in [1.165, 1.54) is 71.0 Å². The third kappa shape index (κ3) is 4.39. The highest BCUT2D eigenvalue weighted by molar-refractivity contribution is 6.17. The molecule has 0 N–H and O–H groups in total. The zero-order valence-electron chi connectivity index (χ0n) is 25.6. The Balaban J connectivity index is 1.31. The highest BCUT2D eigenvalue weighted by Gasteiger charge is 2.23. The first-order valence-corrected chi connectivity index (χ1v) is 15.6. The molecule has 0 heterocycles. The highest BCUT2D eigenvalue weighted by Crippen LogP contribution is 2.45. The molecule has 8 aromatic carbocycles. The average molecular weight is 576 g/mol. The molecular weight excluding hydrogens is 542 g/mol. The van der Waals surface area contributed by atoms with Crippen LogP contribution >= 0.6 is 0 Å². The summed E-state index contributed by atoms with van der Waals surface area (Å²) >= 11 is 0. The predicted molar refractivity (Wildman–Crippen MR) is 195 cm³/mol. The summed E-state index contributed by atoms with van der Waals surface area (Å²) in [5.41, 5.74) is 9.23. The van der Waals surface area contributed by atoms with Gasteiger partial charge in [-0.15, -0.1) is 0 Å². The van der Waals surface area contributed by atoms with E-state index in [-0.39, 0.29) is 0 Å². The minimum atomic E-state index is 0.947. The lowest BCUT2D eigenvalue weighted by atomic mass is 9.92. The molecule has 0 aliphatic rings. The number of anilines is 2. The van der Waals surface area contributed by atoms with Crippen LogP contribution in [-0.4, -0.2) is 0 Å². The van der Waals surface area contributed by atoms with Crippen LogP contribution in [0.15, 0.2) is 158 Å². The normalized spacial score (nSPS) is 11.4. The van der Waals surface area contributed by atoms with Crippen LogP contribution in [0.25, 0.3) is 59.9 Å². The van der Waals surface area contributed by atoms with E-state index in [9.17, 15) is 0 Å². The largest absolute Gasteiger partial charge is 0.309 e. The molecule has 0 aromatic heterocycles. The molecule has 0 spiro atoms. The van der Waals surface area contributed by atoms with Crippen LogP contribution in [0.2, 0.25) is 0 Å². The summed E-state index contributed by atoms with van der Waals surface area (Å²) in [6.45, 7) is 9.20. The Morgan fingerprint density at radius 1 is 0.489 bits per heavy atom. The molecule has 0 saturated heterocycles. The lowest BCUT2D eigenvalue weighted by Crippen LogP contribution is -2.17. The van der Waals surface area contributed by atoms with Gasteiger partial charge < -0.3 is 4.90 Å². The van der Waals surface area contributed by atoms with E-state index >= 15 is 0 Å². The van der Waals surface area contributed by atoms with Gasteiger partial charge in [0.1, 0.15) is 0 Å². The summed E-state index contributed by atoms with van der Waals surface area (Å²) in [5.74, 6) is 0. The summed E-state index contributed by atoms with van der Waals surface area (Å²) in [6, 6.07) is 54.8. The summed E-state index contributed by atoms with van der Waals surface area (Å²) in [6.07, 6.45) is 0. The van der Waals surface area contributed by atoms with Crippen LogP contribution in [0.4, 0.5) is 11.4 Å². The third-order valence-corrected chi connectivity index (χ3v) is 9.31. The van der Waals surface area contributed by atoms with Gasteiger partial charge in [0.05, 0.1) is 5.69 Å². The maximum absolute atomic E-state index is 4.77. The van der Waals surface area contributed by atoms with Gasteiger partial charge in [0, 0.05) is 16.8 Å². The molecule has 0 bridgehead atoms. The fourth-order valence-electron chi connectivity index (χ4n) is 7.07. The molecule has 1 nitrogen and oxygen atoms in total. The van der Waals surface area contributed by atoms with Crippen molar-refractivity contribution in [3.63, 3.8) is 0 Å². The molecule has 0 radical (unpaired) electrons. The predicted octanol–water partition coefficient (Wildman–Crippen LogP) is 12.4. The smallest absolute Gasteiger partial charge is 0.0575 e. The quantitative estimate of drug-likeness (QED) is 0.185. The number of hydrogen-bond donors (Lipinski definition) is 0. The average Bonchev–Trinajstić information content (AvgIpc) is 3.10. The Hall–Kier alpha value is -5.66. The molecule has 0 amide bonds. The first-order chi connectivity index (χ1) is 22.1. The molecular formula is C44H33N. The van der Waals surface area contributed by atoms with Gasteiger partial charge in [-0.25, -0.2) is 0 Å². The van der Waals surface area contributed by atoms with Gasteiger partial charge in [0.25, 0.3) is 0 Å². The van der Waals surface area contributed by atoms with Gasteiger partial charge in [-0.05, 0) is 91.5 Å². The fraction of sp³-hybridized carbons (Fsp3) is 0.0455. The molecule has 0 fully saturated rings. The van der Waals surface area contributed by atoms with Crippen LogP contribution in [0.1, 0.15) is 16.7 Å². The Kier molecular flexibility index (Phi) is 6.47. The number of nitrogens with zero attached hydrogens (tertiary/aromatic N) is 1. The number of para-hydroxylation sites is 1. The monoisotopic (exact) mass is 575 g/mol. The maximum atomic E-state index is 4.77. The van der Waals surface area contributed by atoms with Crippen molar-refractivity contribution in [3.8, 4) is 11.1 Å². The van der Waals surface area contributed by atoms with Gasteiger partial charge in [-0.3, -0.25) is 0 Å². The first kappa shape index (κ1) is 26.9. The topological polar surface area (TPSA) is 3.24 Å². The third-order valence-electron chi connectivity index (χ3n) is 9.31. The van der Waals surface area contributed by atoms with Crippen molar-refractivity contribution in [2.45, 2.75) is 13.8 Å². The summed E-state index contributed by atoms with van der Waals surface area (Å²) in [4.78, 5) is 2.37. The zero-order chi connectivity index (χ0) is 30.5. The van der Waals surface area contributed by atoms with E-state index in [0.29, 0.717) is 0 Å². The lowest BCUT2D eigenvalue weighted by Gasteiger charge is -2.32. The zero-order valence-corrected chi connectivity index (χ0v) is 25.6. The second-order valence-electron chi connectivity index (χ2n) is 11.9. The minimum Gasteiger partial charge on any atom is -0.309 e. The van der Waals surface area contributed by atoms with Crippen molar-refractivity contribution in [2.24, 2.45) is 0 Å². The van der Waals surface area contributed by atoms with E-state index in [2.05, 4.69) is 170 Å². The van der Waals surface area contributed by atoms with E-state index in [1.807, 2.05) is 0 Å². The molecule has 0 aliphatic carbocycles. The Labute approximate surface area is 264 Å². The van der Waals surface area contributed by atoms with Gasteiger partial charge in [-0.2, -0.15) is 0 Å². The number of aryl methyl sites for hydroxylation is 2. The van der Waals surface area contributed by atoms with Crippen LogP contribution in [0.3, 0.4) is 0 Å². The van der Waals surface area contributed by atoms with Crippen molar-refractivity contribution >= 4 is 60.2 Å². The molecule has 8 rings (SSSR count). The fourth-order valence-corrected chi connectivity index (χ4v) is 7.07. The second-order valence-corrected chi connectivity index (χ2v) is 11.9. The Bertz CT molecular complexity index is 2410. The standard InChI is InChI=1S/C44H33N/c1-29-14-4-13-23-43(29)45(44-30(2)35-16-7-8-18-37(35)39-20-11-12-22-41(39)44)31(3)32-24-26-33(27-25-32)42-28-34-15-5-6-17-36(34)38-19-9-10-21-40(38)42/h4-28H,3H2,1-2H3. The molecule has 1 heteroatoms. The molecule has 214 valence electrons. The van der Waals surface area contributed by atoms with E-state index in [4.69, 9.17) is 6.58 Å². The first-order valence-electron chi connectivity index (χ1n) is 15.6. The Morgan fingerprint density at radius 2 is 1.00 bits per heavy atom. The van der Waals surface area contributed by atoms with Gasteiger partial charge in [0.2, 0.25) is 0 Å². The van der Waals surface area contributed by atoms with Crippen LogP contribution < -0.4 is 4.90 Å². The molecule has 45 heavy (non-hydrogen) atoms. The Morgan fingerprint density at radius 3 is 1.69 bits per heavy atom. The minimum absolute atomic E-state index is 0.947.